The molecule has 0 saturated carbocycles. The lowest BCUT2D eigenvalue weighted by molar-refractivity contribution is -0.390. The van der Waals surface area contributed by atoms with Crippen LogP contribution in [0.2, 0.25) is 0 Å². The molecule has 0 unspecified atom stereocenters. The van der Waals surface area contributed by atoms with Gasteiger partial charge >= 0.3 is 39.1 Å². The van der Waals surface area contributed by atoms with Crippen molar-refractivity contribution in [2.75, 3.05) is 13.1 Å². The van der Waals surface area contributed by atoms with Crippen molar-refractivity contribution in [3.63, 3.8) is 0 Å². The summed E-state index contributed by atoms with van der Waals surface area (Å²) < 4.78 is 157. The largest absolute Gasteiger partial charge is 0.438 e. The van der Waals surface area contributed by atoms with Gasteiger partial charge in [0.1, 0.15) is 0 Å². The highest BCUT2D eigenvalue weighted by molar-refractivity contribution is 7.87. The predicted molar refractivity (Wildman–Crippen MR) is 84.5 cm³/mol. The molecule has 0 atom stereocenters. The van der Waals surface area contributed by atoms with Crippen molar-refractivity contribution < 1.29 is 56.9 Å². The third-order valence-electron chi connectivity index (χ3n) is 3.08. The molecule has 0 aromatic carbocycles. The zero-order valence-corrected chi connectivity index (χ0v) is 15.7. The Balaban J connectivity index is 0. The van der Waals surface area contributed by atoms with Gasteiger partial charge in [-0.15, -0.1) is 13.2 Å². The standard InChI is InChI=1S/C8H8F10O3S.C6H11N/c1-2-3-4(9,10)5(11,12)6(13,14)7(15,16)8(17,18)22(19,20)21;1-3-5-7-6-4-2/h2-3H2,1H3,(H,19,20,21);3-4,7H,1-2,5-6H2. The van der Waals surface area contributed by atoms with Gasteiger partial charge in [-0.25, -0.2) is 0 Å². The SMILES string of the molecule is C=CCNCC=C.CCCC(F)(F)C(F)(F)C(F)(F)C(F)(F)C(F)(F)S(=O)(=O)O. The molecule has 0 amide bonds. The minimum atomic E-state index is -7.52. The molecule has 2 N–H and O–H groups in total. The molecule has 0 aromatic heterocycles. The third-order valence-corrected chi connectivity index (χ3v) is 3.98. The van der Waals surface area contributed by atoms with Crippen LogP contribution in [0.15, 0.2) is 25.3 Å². The maximum Gasteiger partial charge on any atom is 0.438 e. The fourth-order valence-corrected chi connectivity index (χ4v) is 1.98. The second kappa shape index (κ2) is 10.1. The van der Waals surface area contributed by atoms with Gasteiger partial charge in [-0.3, -0.25) is 4.55 Å². The highest BCUT2D eigenvalue weighted by Crippen LogP contribution is 2.58. The third kappa shape index (κ3) is 6.07. The van der Waals surface area contributed by atoms with E-state index in [1.54, 1.807) is 0 Å². The molecule has 29 heavy (non-hydrogen) atoms. The predicted octanol–water partition coefficient (Wildman–Crippen LogP) is 4.76. The van der Waals surface area contributed by atoms with E-state index in [1.807, 2.05) is 12.2 Å². The molecule has 174 valence electrons. The fraction of sp³-hybridized carbons (Fsp3) is 0.714. The molecule has 0 aliphatic rings. The summed E-state index contributed by atoms with van der Waals surface area (Å²) >= 11 is 0. The highest BCUT2D eigenvalue weighted by Gasteiger charge is 2.88. The quantitative estimate of drug-likeness (QED) is 0.198. The number of halogens is 10. The van der Waals surface area contributed by atoms with E-state index < -0.39 is 51.9 Å². The van der Waals surface area contributed by atoms with Gasteiger partial charge in [0.15, 0.2) is 0 Å². The lowest BCUT2D eigenvalue weighted by Crippen LogP contribution is -2.68. The average molecular weight is 471 g/mol. The smallest absolute Gasteiger partial charge is 0.310 e. The van der Waals surface area contributed by atoms with Crippen LogP contribution in [0.3, 0.4) is 0 Å². The average Bonchev–Trinajstić information content (AvgIpc) is 2.54. The van der Waals surface area contributed by atoms with Gasteiger partial charge in [0, 0.05) is 19.5 Å². The van der Waals surface area contributed by atoms with Crippen LogP contribution in [0.4, 0.5) is 43.9 Å². The summed E-state index contributed by atoms with van der Waals surface area (Å²) in [6.07, 6.45) is 0.676. The minimum absolute atomic E-state index is 0.785. The summed E-state index contributed by atoms with van der Waals surface area (Å²) in [5.41, 5.74) is 0. The Kier molecular flexibility index (Phi) is 10.4. The van der Waals surface area contributed by atoms with Crippen LogP contribution < -0.4 is 5.32 Å². The fourth-order valence-electron chi connectivity index (χ4n) is 1.53. The first-order valence-electron chi connectivity index (χ1n) is 7.51. The molecule has 0 saturated heterocycles. The second-order valence-electron chi connectivity index (χ2n) is 5.41. The van der Waals surface area contributed by atoms with Gasteiger partial charge in [-0.05, 0) is 0 Å². The van der Waals surface area contributed by atoms with Crippen molar-refractivity contribution in [2.24, 2.45) is 0 Å². The van der Waals surface area contributed by atoms with Gasteiger partial charge < -0.3 is 5.32 Å². The number of alkyl halides is 10. The first-order chi connectivity index (χ1) is 12.7. The Hall–Kier alpha value is -1.35. The van der Waals surface area contributed by atoms with Gasteiger partial charge in [0.2, 0.25) is 0 Å². The molecular weight excluding hydrogens is 452 g/mol. The molecular formula is C14H19F10NO3S. The summed E-state index contributed by atoms with van der Waals surface area (Å²) in [5, 5.41) is -4.08. The molecule has 0 aliphatic carbocycles. The summed E-state index contributed by atoms with van der Waals surface area (Å²) in [4.78, 5) is 0. The molecule has 0 heterocycles. The topological polar surface area (TPSA) is 66.4 Å². The van der Waals surface area contributed by atoms with E-state index in [2.05, 4.69) is 18.5 Å². The Morgan fingerprint density at radius 3 is 1.48 bits per heavy atom. The number of hydrogen-bond acceptors (Lipinski definition) is 3. The summed E-state index contributed by atoms with van der Waals surface area (Å²) in [6.45, 7) is 9.59. The van der Waals surface area contributed by atoms with E-state index in [-0.39, 0.29) is 0 Å². The van der Waals surface area contributed by atoms with Gasteiger partial charge in [0.05, 0.1) is 0 Å². The lowest BCUT2D eigenvalue weighted by atomic mass is 9.96. The summed E-state index contributed by atoms with van der Waals surface area (Å²) in [5.74, 6) is -27.9. The zero-order valence-electron chi connectivity index (χ0n) is 14.8. The Labute approximate surface area is 160 Å². The number of nitrogens with one attached hydrogen (secondary N) is 1. The summed E-state index contributed by atoms with van der Waals surface area (Å²) in [7, 11) is -7.30. The molecule has 15 heteroatoms. The number of rotatable bonds is 11. The second-order valence-corrected chi connectivity index (χ2v) is 6.87. The molecule has 0 radical (unpaired) electrons. The van der Waals surface area contributed by atoms with E-state index in [0.717, 1.165) is 20.0 Å². The van der Waals surface area contributed by atoms with Crippen molar-refractivity contribution in [3.05, 3.63) is 25.3 Å². The van der Waals surface area contributed by atoms with Crippen LogP contribution in [0, 0.1) is 0 Å². The van der Waals surface area contributed by atoms with E-state index in [0.29, 0.717) is 0 Å². The maximum atomic E-state index is 13.0. The molecule has 0 spiro atoms. The molecule has 0 aromatic rings. The van der Waals surface area contributed by atoms with Crippen molar-refractivity contribution >= 4 is 10.1 Å². The molecule has 0 aliphatic heterocycles. The van der Waals surface area contributed by atoms with Gasteiger partial charge in [0.25, 0.3) is 0 Å². The first kappa shape index (κ1) is 29.8. The molecule has 0 rings (SSSR count). The van der Waals surface area contributed by atoms with Crippen LogP contribution in [-0.2, 0) is 10.1 Å². The van der Waals surface area contributed by atoms with Gasteiger partial charge in [-0.2, -0.15) is 52.3 Å². The van der Waals surface area contributed by atoms with Gasteiger partial charge in [-0.1, -0.05) is 25.5 Å². The van der Waals surface area contributed by atoms with Crippen LogP contribution in [-0.4, -0.2) is 55.0 Å². The monoisotopic (exact) mass is 471 g/mol. The molecule has 0 bridgehead atoms. The van der Waals surface area contributed by atoms with Crippen molar-refractivity contribution in [1.82, 2.24) is 5.32 Å². The molecule has 4 nitrogen and oxygen atoms in total. The summed E-state index contributed by atoms with van der Waals surface area (Å²) in [6, 6.07) is 0. The molecule has 0 fully saturated rings. The lowest BCUT2D eigenvalue weighted by Gasteiger charge is -2.38. The van der Waals surface area contributed by atoms with Crippen molar-refractivity contribution in [1.29, 1.82) is 0 Å². The van der Waals surface area contributed by atoms with E-state index in [4.69, 9.17) is 4.55 Å². The Morgan fingerprint density at radius 2 is 1.21 bits per heavy atom. The highest BCUT2D eigenvalue weighted by atomic mass is 32.2. The zero-order chi connectivity index (χ0) is 23.9. The van der Waals surface area contributed by atoms with Crippen LogP contribution >= 0.6 is 0 Å². The van der Waals surface area contributed by atoms with Crippen molar-refractivity contribution in [3.8, 4) is 0 Å². The van der Waals surface area contributed by atoms with Crippen LogP contribution in [0.5, 0.6) is 0 Å². The maximum absolute atomic E-state index is 13.0. The first-order valence-corrected chi connectivity index (χ1v) is 8.95. The Morgan fingerprint density at radius 1 is 0.828 bits per heavy atom. The number of hydrogen-bond donors (Lipinski definition) is 2. The van der Waals surface area contributed by atoms with Crippen LogP contribution in [0.25, 0.3) is 0 Å². The normalized spacial score (nSPS) is 14.1. The van der Waals surface area contributed by atoms with E-state index >= 15 is 0 Å². The van der Waals surface area contributed by atoms with Crippen molar-refractivity contribution in [2.45, 2.75) is 48.7 Å². The van der Waals surface area contributed by atoms with E-state index in [1.165, 1.54) is 0 Å². The minimum Gasteiger partial charge on any atom is -0.310 e. The Bertz CT molecular complexity index is 642. The van der Waals surface area contributed by atoms with Crippen LogP contribution in [0.1, 0.15) is 19.8 Å². The van der Waals surface area contributed by atoms with E-state index in [9.17, 15) is 52.3 Å².